The zero-order chi connectivity index (χ0) is 16.9. The number of hydrogen-bond donors (Lipinski definition) is 1. The smallest absolute Gasteiger partial charge is 0.241 e. The fourth-order valence-electron chi connectivity index (χ4n) is 3.44. The molecule has 2 aromatic carbocycles. The van der Waals surface area contributed by atoms with Gasteiger partial charge in [-0.05, 0) is 43.9 Å². The van der Waals surface area contributed by atoms with Crippen molar-refractivity contribution in [2.45, 2.75) is 32.7 Å². The predicted molar refractivity (Wildman–Crippen MR) is 99.9 cm³/mol. The highest BCUT2D eigenvalue weighted by atomic mass is 16.2. The van der Waals surface area contributed by atoms with Crippen molar-refractivity contribution in [3.63, 3.8) is 0 Å². The molecule has 126 valence electrons. The molecule has 2 atom stereocenters. The Hall–Kier alpha value is -2.13. The van der Waals surface area contributed by atoms with Crippen molar-refractivity contribution < 1.29 is 4.79 Å². The van der Waals surface area contributed by atoms with E-state index in [9.17, 15) is 4.79 Å². The van der Waals surface area contributed by atoms with Gasteiger partial charge in [-0.2, -0.15) is 0 Å². The van der Waals surface area contributed by atoms with E-state index in [0.717, 1.165) is 29.9 Å². The molecule has 3 nitrogen and oxygen atoms in total. The number of rotatable bonds is 4. The summed E-state index contributed by atoms with van der Waals surface area (Å²) in [6, 6.07) is 18.1. The maximum atomic E-state index is 12.7. The van der Waals surface area contributed by atoms with Crippen molar-refractivity contribution in [1.82, 2.24) is 4.90 Å². The molecule has 1 fully saturated rings. The van der Waals surface area contributed by atoms with E-state index in [1.807, 2.05) is 43.3 Å². The van der Waals surface area contributed by atoms with Gasteiger partial charge in [0.15, 0.2) is 0 Å². The summed E-state index contributed by atoms with van der Waals surface area (Å²) in [7, 11) is 0. The second-order valence-corrected chi connectivity index (χ2v) is 6.82. The molecule has 1 aliphatic rings. The van der Waals surface area contributed by atoms with Crippen LogP contribution in [0.25, 0.3) is 11.1 Å². The maximum Gasteiger partial charge on any atom is 0.241 e. The first-order valence-electron chi connectivity index (χ1n) is 8.84. The molecule has 2 aromatic rings. The number of amides is 1. The molecule has 1 saturated heterocycles. The zero-order valence-electron chi connectivity index (χ0n) is 14.5. The first-order valence-corrected chi connectivity index (χ1v) is 8.84. The lowest BCUT2D eigenvalue weighted by molar-refractivity contribution is -0.121. The monoisotopic (exact) mass is 322 g/mol. The average Bonchev–Trinajstić information content (AvgIpc) is 2.62. The first kappa shape index (κ1) is 16.7. The standard InChI is InChI=1S/C21H26N2O/c1-16-9-8-14-23(15-16)17(2)21(24)22-20-13-7-6-12-19(20)18-10-4-3-5-11-18/h3-7,10-13,16-17H,8-9,14-15H2,1-2H3,(H,22,24)/t16-,17-/m1/s1. The molecule has 0 spiro atoms. The molecular formula is C21H26N2O. The number of carbonyl (C=O) groups is 1. The summed E-state index contributed by atoms with van der Waals surface area (Å²) in [6.07, 6.45) is 2.45. The van der Waals surface area contributed by atoms with Gasteiger partial charge in [0.2, 0.25) is 5.91 Å². The molecule has 0 aromatic heterocycles. The molecule has 24 heavy (non-hydrogen) atoms. The molecule has 0 bridgehead atoms. The minimum Gasteiger partial charge on any atom is -0.324 e. The van der Waals surface area contributed by atoms with Crippen LogP contribution in [0.1, 0.15) is 26.7 Å². The number of para-hydroxylation sites is 1. The molecule has 3 heteroatoms. The second-order valence-electron chi connectivity index (χ2n) is 6.82. The van der Waals surface area contributed by atoms with Crippen LogP contribution in [-0.2, 0) is 4.79 Å². The highest BCUT2D eigenvalue weighted by Gasteiger charge is 2.26. The summed E-state index contributed by atoms with van der Waals surface area (Å²) in [6.45, 7) is 6.30. The number of carbonyl (C=O) groups excluding carboxylic acids is 1. The fraction of sp³-hybridized carbons (Fsp3) is 0.381. The summed E-state index contributed by atoms with van der Waals surface area (Å²) < 4.78 is 0. The molecule has 1 heterocycles. The Bertz CT molecular complexity index is 683. The Kier molecular flexibility index (Phi) is 5.31. The quantitative estimate of drug-likeness (QED) is 0.904. The van der Waals surface area contributed by atoms with Crippen LogP contribution in [-0.4, -0.2) is 29.9 Å². The zero-order valence-corrected chi connectivity index (χ0v) is 14.5. The maximum absolute atomic E-state index is 12.7. The summed E-state index contributed by atoms with van der Waals surface area (Å²) >= 11 is 0. The number of benzene rings is 2. The highest BCUT2D eigenvalue weighted by molar-refractivity contribution is 5.98. The lowest BCUT2D eigenvalue weighted by atomic mass is 9.98. The molecular weight excluding hydrogens is 296 g/mol. The van der Waals surface area contributed by atoms with Crippen molar-refractivity contribution in [2.75, 3.05) is 18.4 Å². The van der Waals surface area contributed by atoms with E-state index in [-0.39, 0.29) is 11.9 Å². The van der Waals surface area contributed by atoms with Crippen molar-refractivity contribution in [3.8, 4) is 11.1 Å². The van der Waals surface area contributed by atoms with Crippen LogP contribution in [0.5, 0.6) is 0 Å². The van der Waals surface area contributed by atoms with Crippen LogP contribution in [0.4, 0.5) is 5.69 Å². The van der Waals surface area contributed by atoms with E-state index < -0.39 is 0 Å². The number of nitrogens with one attached hydrogen (secondary N) is 1. The van der Waals surface area contributed by atoms with Crippen molar-refractivity contribution in [3.05, 3.63) is 54.6 Å². The second kappa shape index (κ2) is 7.63. The number of nitrogens with zero attached hydrogens (tertiary/aromatic N) is 1. The van der Waals surface area contributed by atoms with E-state index in [4.69, 9.17) is 0 Å². The van der Waals surface area contributed by atoms with E-state index >= 15 is 0 Å². The van der Waals surface area contributed by atoms with Gasteiger partial charge in [-0.25, -0.2) is 0 Å². The molecule has 1 amide bonds. The van der Waals surface area contributed by atoms with Crippen molar-refractivity contribution >= 4 is 11.6 Å². The molecule has 3 rings (SSSR count). The molecule has 1 aliphatic heterocycles. The van der Waals surface area contributed by atoms with E-state index in [1.165, 1.54) is 12.8 Å². The molecule has 1 N–H and O–H groups in total. The van der Waals surface area contributed by atoms with Crippen LogP contribution in [0.15, 0.2) is 54.6 Å². The normalized spacial score (nSPS) is 19.7. The van der Waals surface area contributed by atoms with Gasteiger partial charge in [0.05, 0.1) is 6.04 Å². The van der Waals surface area contributed by atoms with Crippen molar-refractivity contribution in [1.29, 1.82) is 0 Å². The van der Waals surface area contributed by atoms with Gasteiger partial charge in [0, 0.05) is 17.8 Å². The Balaban J connectivity index is 1.75. The topological polar surface area (TPSA) is 32.3 Å². The number of likely N-dealkylation sites (tertiary alicyclic amines) is 1. The van der Waals surface area contributed by atoms with Gasteiger partial charge >= 0.3 is 0 Å². The Morgan fingerprint density at radius 2 is 1.83 bits per heavy atom. The third kappa shape index (κ3) is 3.85. The predicted octanol–water partition coefficient (Wildman–Crippen LogP) is 4.41. The molecule has 0 unspecified atom stereocenters. The highest BCUT2D eigenvalue weighted by Crippen LogP contribution is 2.28. The molecule has 0 saturated carbocycles. The molecule has 0 radical (unpaired) electrons. The summed E-state index contributed by atoms with van der Waals surface area (Å²) in [5.41, 5.74) is 3.06. The van der Waals surface area contributed by atoms with Crippen LogP contribution in [0.3, 0.4) is 0 Å². The third-order valence-corrected chi connectivity index (χ3v) is 4.89. The number of anilines is 1. The summed E-state index contributed by atoms with van der Waals surface area (Å²) in [4.78, 5) is 15.0. The van der Waals surface area contributed by atoms with E-state index in [1.54, 1.807) is 0 Å². The van der Waals surface area contributed by atoms with Gasteiger partial charge in [-0.15, -0.1) is 0 Å². The van der Waals surface area contributed by atoms with Gasteiger partial charge in [-0.3, -0.25) is 9.69 Å². The van der Waals surface area contributed by atoms with Crippen LogP contribution < -0.4 is 5.32 Å². The van der Waals surface area contributed by atoms with E-state index in [2.05, 4.69) is 35.3 Å². The lowest BCUT2D eigenvalue weighted by Crippen LogP contribution is -2.46. The third-order valence-electron chi connectivity index (χ3n) is 4.89. The van der Waals surface area contributed by atoms with Crippen molar-refractivity contribution in [2.24, 2.45) is 5.92 Å². The summed E-state index contributed by atoms with van der Waals surface area (Å²) in [5, 5.41) is 3.14. The van der Waals surface area contributed by atoms with Crippen LogP contribution >= 0.6 is 0 Å². The van der Waals surface area contributed by atoms with Gasteiger partial charge < -0.3 is 5.32 Å². The Labute approximate surface area is 144 Å². The van der Waals surface area contributed by atoms with E-state index in [0.29, 0.717) is 5.92 Å². The fourth-order valence-corrected chi connectivity index (χ4v) is 3.44. The number of piperidine rings is 1. The van der Waals surface area contributed by atoms with Gasteiger partial charge in [0.1, 0.15) is 0 Å². The van der Waals surface area contributed by atoms with Gasteiger partial charge in [0.25, 0.3) is 0 Å². The Morgan fingerprint density at radius 1 is 1.12 bits per heavy atom. The SMILES string of the molecule is C[C@@H]1CCCN([C@H](C)C(=O)Nc2ccccc2-c2ccccc2)C1. The van der Waals surface area contributed by atoms with Crippen LogP contribution in [0, 0.1) is 5.92 Å². The lowest BCUT2D eigenvalue weighted by Gasteiger charge is -2.34. The summed E-state index contributed by atoms with van der Waals surface area (Å²) in [5.74, 6) is 0.748. The number of hydrogen-bond acceptors (Lipinski definition) is 2. The first-order chi connectivity index (χ1) is 11.6. The van der Waals surface area contributed by atoms with Crippen LogP contribution in [0.2, 0.25) is 0 Å². The van der Waals surface area contributed by atoms with Gasteiger partial charge in [-0.1, -0.05) is 55.5 Å². The average molecular weight is 322 g/mol. The molecule has 0 aliphatic carbocycles. The minimum absolute atomic E-state index is 0.0764. The largest absolute Gasteiger partial charge is 0.324 e. The minimum atomic E-state index is -0.100. The Morgan fingerprint density at radius 3 is 2.58 bits per heavy atom.